The highest BCUT2D eigenvalue weighted by Gasteiger charge is 2.30. The standard InChI is InChI=1S/C16H15Cl2N3O/c17-11-7-5-10(6-8-11)14-9-15(21-20-14)16(22)19-13-4-2-1-3-12(13)18/h1-8,14-15,20-21H,9H2,(H,19,22). The van der Waals surface area contributed by atoms with Crippen molar-refractivity contribution < 1.29 is 4.79 Å². The number of nitrogens with one attached hydrogen (secondary N) is 3. The molecule has 1 heterocycles. The normalized spacial score (nSPS) is 20.8. The van der Waals surface area contributed by atoms with Crippen LogP contribution >= 0.6 is 23.2 Å². The Hall–Kier alpha value is -1.59. The number of hydrogen-bond donors (Lipinski definition) is 3. The molecule has 0 aliphatic carbocycles. The van der Waals surface area contributed by atoms with Gasteiger partial charge in [0.15, 0.2) is 0 Å². The van der Waals surface area contributed by atoms with E-state index in [1.54, 1.807) is 12.1 Å². The highest BCUT2D eigenvalue weighted by atomic mass is 35.5. The van der Waals surface area contributed by atoms with E-state index in [9.17, 15) is 4.79 Å². The second-order valence-corrected chi connectivity index (χ2v) is 5.99. The first-order chi connectivity index (χ1) is 10.6. The van der Waals surface area contributed by atoms with Crippen LogP contribution in [0.5, 0.6) is 0 Å². The Morgan fingerprint density at radius 3 is 2.50 bits per heavy atom. The number of hydrazine groups is 1. The predicted octanol–water partition coefficient (Wildman–Crippen LogP) is 3.54. The zero-order chi connectivity index (χ0) is 15.5. The number of para-hydroxylation sites is 1. The Bertz CT molecular complexity index is 675. The number of carbonyl (C=O) groups excluding carboxylic acids is 1. The maximum absolute atomic E-state index is 12.3. The fourth-order valence-electron chi connectivity index (χ4n) is 2.42. The molecule has 3 rings (SSSR count). The second kappa shape index (κ2) is 6.67. The van der Waals surface area contributed by atoms with Crippen LogP contribution in [0.15, 0.2) is 48.5 Å². The van der Waals surface area contributed by atoms with E-state index in [1.807, 2.05) is 36.4 Å². The van der Waals surface area contributed by atoms with Crippen LogP contribution in [0.3, 0.4) is 0 Å². The minimum absolute atomic E-state index is 0.0688. The minimum atomic E-state index is -0.322. The molecule has 2 unspecified atom stereocenters. The lowest BCUT2D eigenvalue weighted by molar-refractivity contribution is -0.117. The molecule has 6 heteroatoms. The highest BCUT2D eigenvalue weighted by molar-refractivity contribution is 6.33. The molecule has 1 fully saturated rings. The summed E-state index contributed by atoms with van der Waals surface area (Å²) in [5, 5.41) is 4.06. The summed E-state index contributed by atoms with van der Waals surface area (Å²) in [6, 6.07) is 14.5. The lowest BCUT2D eigenvalue weighted by Gasteiger charge is -2.11. The molecular formula is C16H15Cl2N3O. The summed E-state index contributed by atoms with van der Waals surface area (Å²) < 4.78 is 0. The molecule has 0 saturated carbocycles. The SMILES string of the molecule is O=C(Nc1ccccc1Cl)C1CC(c2ccc(Cl)cc2)NN1. The molecule has 0 aromatic heterocycles. The van der Waals surface area contributed by atoms with Crippen molar-refractivity contribution in [3.63, 3.8) is 0 Å². The number of carbonyl (C=O) groups is 1. The van der Waals surface area contributed by atoms with Crippen LogP contribution in [-0.2, 0) is 4.79 Å². The van der Waals surface area contributed by atoms with Gasteiger partial charge in [0.05, 0.1) is 10.7 Å². The molecule has 0 radical (unpaired) electrons. The van der Waals surface area contributed by atoms with Crippen LogP contribution in [0, 0.1) is 0 Å². The molecule has 1 aliphatic heterocycles. The Kier molecular flexibility index (Phi) is 4.64. The van der Waals surface area contributed by atoms with E-state index < -0.39 is 0 Å². The molecule has 1 aliphatic rings. The van der Waals surface area contributed by atoms with Gasteiger partial charge < -0.3 is 5.32 Å². The van der Waals surface area contributed by atoms with Crippen LogP contribution < -0.4 is 16.2 Å². The molecule has 4 nitrogen and oxygen atoms in total. The van der Waals surface area contributed by atoms with Gasteiger partial charge in [-0.25, -0.2) is 10.9 Å². The maximum Gasteiger partial charge on any atom is 0.242 e. The van der Waals surface area contributed by atoms with Gasteiger partial charge in [-0.3, -0.25) is 4.79 Å². The first-order valence-corrected chi connectivity index (χ1v) is 7.71. The number of hydrogen-bond acceptors (Lipinski definition) is 3. The Morgan fingerprint density at radius 1 is 1.05 bits per heavy atom. The second-order valence-electron chi connectivity index (χ2n) is 5.15. The molecule has 0 spiro atoms. The maximum atomic E-state index is 12.3. The molecule has 1 saturated heterocycles. The van der Waals surface area contributed by atoms with E-state index in [-0.39, 0.29) is 18.0 Å². The van der Waals surface area contributed by atoms with E-state index in [0.717, 1.165) is 5.56 Å². The molecule has 22 heavy (non-hydrogen) atoms. The number of rotatable bonds is 3. The van der Waals surface area contributed by atoms with Crippen molar-refractivity contribution in [3.8, 4) is 0 Å². The van der Waals surface area contributed by atoms with Crippen LogP contribution in [0.4, 0.5) is 5.69 Å². The number of benzene rings is 2. The van der Waals surface area contributed by atoms with Gasteiger partial charge in [-0.15, -0.1) is 0 Å². The lowest BCUT2D eigenvalue weighted by atomic mass is 10.0. The minimum Gasteiger partial charge on any atom is -0.323 e. The van der Waals surface area contributed by atoms with Crippen molar-refractivity contribution in [2.45, 2.75) is 18.5 Å². The third-order valence-corrected chi connectivity index (χ3v) is 4.21. The monoisotopic (exact) mass is 335 g/mol. The van der Waals surface area contributed by atoms with Gasteiger partial charge in [0, 0.05) is 11.1 Å². The molecule has 1 amide bonds. The van der Waals surface area contributed by atoms with Gasteiger partial charge in [-0.05, 0) is 36.2 Å². The van der Waals surface area contributed by atoms with Crippen molar-refractivity contribution >= 4 is 34.8 Å². The van der Waals surface area contributed by atoms with E-state index in [4.69, 9.17) is 23.2 Å². The summed E-state index contributed by atoms with van der Waals surface area (Å²) in [6.07, 6.45) is 0.651. The molecule has 2 aromatic rings. The fourth-order valence-corrected chi connectivity index (χ4v) is 2.73. The van der Waals surface area contributed by atoms with Crippen molar-refractivity contribution in [2.24, 2.45) is 0 Å². The Labute approximate surface area is 138 Å². The van der Waals surface area contributed by atoms with Crippen LogP contribution in [0.25, 0.3) is 0 Å². The summed E-state index contributed by atoms with van der Waals surface area (Å²) in [5.41, 5.74) is 7.86. The number of amides is 1. The highest BCUT2D eigenvalue weighted by Crippen LogP contribution is 2.25. The Balaban J connectivity index is 1.64. The first-order valence-electron chi connectivity index (χ1n) is 6.95. The molecule has 2 atom stereocenters. The van der Waals surface area contributed by atoms with E-state index >= 15 is 0 Å². The smallest absolute Gasteiger partial charge is 0.242 e. The zero-order valence-corrected chi connectivity index (χ0v) is 13.2. The third kappa shape index (κ3) is 3.42. The molecule has 2 aromatic carbocycles. The van der Waals surface area contributed by atoms with Crippen molar-refractivity contribution in [1.82, 2.24) is 10.9 Å². The van der Waals surface area contributed by atoms with Gasteiger partial charge in [-0.1, -0.05) is 47.5 Å². The van der Waals surface area contributed by atoms with Crippen LogP contribution in [0.2, 0.25) is 10.0 Å². The van der Waals surface area contributed by atoms with Crippen LogP contribution in [-0.4, -0.2) is 11.9 Å². The topological polar surface area (TPSA) is 53.2 Å². The van der Waals surface area contributed by atoms with Crippen LogP contribution in [0.1, 0.15) is 18.0 Å². The summed E-state index contributed by atoms with van der Waals surface area (Å²) in [5.74, 6) is -0.114. The van der Waals surface area contributed by atoms with Gasteiger partial charge >= 0.3 is 0 Å². The molecular weight excluding hydrogens is 321 g/mol. The number of anilines is 1. The molecule has 114 valence electrons. The van der Waals surface area contributed by atoms with Gasteiger partial charge in [-0.2, -0.15) is 0 Å². The average Bonchev–Trinajstić information content (AvgIpc) is 3.00. The predicted molar refractivity (Wildman–Crippen MR) is 89.0 cm³/mol. The van der Waals surface area contributed by atoms with E-state index in [0.29, 0.717) is 22.2 Å². The lowest BCUT2D eigenvalue weighted by Crippen LogP contribution is -2.39. The summed E-state index contributed by atoms with van der Waals surface area (Å²) in [4.78, 5) is 12.3. The summed E-state index contributed by atoms with van der Waals surface area (Å²) in [6.45, 7) is 0. The van der Waals surface area contributed by atoms with Crippen molar-refractivity contribution in [3.05, 3.63) is 64.1 Å². The zero-order valence-electron chi connectivity index (χ0n) is 11.6. The van der Waals surface area contributed by atoms with Crippen molar-refractivity contribution in [2.75, 3.05) is 5.32 Å². The molecule has 0 bridgehead atoms. The largest absolute Gasteiger partial charge is 0.323 e. The van der Waals surface area contributed by atoms with Gasteiger partial charge in [0.2, 0.25) is 5.91 Å². The molecule has 3 N–H and O–H groups in total. The third-order valence-electron chi connectivity index (χ3n) is 3.62. The van der Waals surface area contributed by atoms with Gasteiger partial charge in [0.1, 0.15) is 6.04 Å². The number of halogens is 2. The first kappa shape index (κ1) is 15.3. The Morgan fingerprint density at radius 2 is 1.77 bits per heavy atom. The van der Waals surface area contributed by atoms with E-state index in [1.165, 1.54) is 0 Å². The fraction of sp³-hybridized carbons (Fsp3) is 0.188. The average molecular weight is 336 g/mol. The van der Waals surface area contributed by atoms with Gasteiger partial charge in [0.25, 0.3) is 0 Å². The quantitative estimate of drug-likeness (QED) is 0.804. The summed E-state index contributed by atoms with van der Waals surface area (Å²) in [7, 11) is 0. The summed E-state index contributed by atoms with van der Waals surface area (Å²) >= 11 is 11.9. The van der Waals surface area contributed by atoms with E-state index in [2.05, 4.69) is 16.2 Å². The van der Waals surface area contributed by atoms with Crippen molar-refractivity contribution in [1.29, 1.82) is 0 Å².